The molecule has 22 heavy (non-hydrogen) atoms. The number of fused-ring (bicyclic) bond motifs is 1. The van der Waals surface area contributed by atoms with Crippen molar-refractivity contribution >= 4 is 34.8 Å². The Bertz CT molecular complexity index is 726. The predicted molar refractivity (Wildman–Crippen MR) is 87.4 cm³/mol. The first-order valence-electron chi connectivity index (χ1n) is 7.11. The summed E-state index contributed by atoms with van der Waals surface area (Å²) in [5, 5.41) is 6.31. The molecule has 1 aliphatic rings. The van der Waals surface area contributed by atoms with Crippen LogP contribution >= 0.6 is 11.6 Å². The monoisotopic (exact) mass is 314 g/mol. The third kappa shape index (κ3) is 3.28. The average molecular weight is 315 g/mol. The average Bonchev–Trinajstić information content (AvgIpc) is 2.69. The van der Waals surface area contributed by atoms with Crippen molar-refractivity contribution in [2.75, 3.05) is 10.6 Å². The number of anilines is 2. The zero-order valence-corrected chi connectivity index (χ0v) is 12.6. The van der Waals surface area contributed by atoms with Crippen LogP contribution in [0.4, 0.5) is 11.4 Å². The van der Waals surface area contributed by atoms with Crippen LogP contribution in [0.1, 0.15) is 28.8 Å². The van der Waals surface area contributed by atoms with Crippen molar-refractivity contribution in [1.82, 2.24) is 0 Å². The summed E-state index contributed by atoms with van der Waals surface area (Å²) in [6.45, 7) is 0. The number of carbonyl (C=O) groups excluding carboxylic acids is 2. The largest absolute Gasteiger partial charge is 0.326 e. The number of rotatable bonds is 2. The fourth-order valence-corrected chi connectivity index (χ4v) is 2.58. The van der Waals surface area contributed by atoms with Gasteiger partial charge in [0, 0.05) is 28.4 Å². The molecule has 3 rings (SSSR count). The zero-order valence-electron chi connectivity index (χ0n) is 11.9. The second-order valence-corrected chi connectivity index (χ2v) is 5.67. The molecule has 0 fully saturated rings. The van der Waals surface area contributed by atoms with Gasteiger partial charge in [-0.1, -0.05) is 11.6 Å². The predicted octanol–water partition coefficient (Wildman–Crippen LogP) is 3.87. The van der Waals surface area contributed by atoms with E-state index in [0.717, 1.165) is 24.1 Å². The van der Waals surface area contributed by atoms with Gasteiger partial charge < -0.3 is 10.6 Å². The molecule has 5 heteroatoms. The van der Waals surface area contributed by atoms with Crippen molar-refractivity contribution in [3.8, 4) is 0 Å². The standard InChI is InChI=1S/C17H15ClN2O2/c18-13-5-7-14(8-6-13)19-17(22)12-4-9-15-11(10-12)2-1-3-16(21)20-15/h4-10H,1-3H2,(H,19,22)(H,20,21). The number of aryl methyl sites for hydroxylation is 1. The summed E-state index contributed by atoms with van der Waals surface area (Å²) < 4.78 is 0. The molecule has 2 N–H and O–H groups in total. The van der Waals surface area contributed by atoms with Gasteiger partial charge in [-0.2, -0.15) is 0 Å². The van der Waals surface area contributed by atoms with E-state index in [2.05, 4.69) is 10.6 Å². The highest BCUT2D eigenvalue weighted by Gasteiger charge is 2.15. The maximum Gasteiger partial charge on any atom is 0.255 e. The second-order valence-electron chi connectivity index (χ2n) is 5.23. The lowest BCUT2D eigenvalue weighted by molar-refractivity contribution is -0.116. The van der Waals surface area contributed by atoms with Gasteiger partial charge in [0.1, 0.15) is 0 Å². The van der Waals surface area contributed by atoms with E-state index in [0.29, 0.717) is 22.7 Å². The first-order valence-corrected chi connectivity index (χ1v) is 7.49. The molecule has 1 aliphatic heterocycles. The molecule has 0 radical (unpaired) electrons. The van der Waals surface area contributed by atoms with Gasteiger partial charge in [-0.25, -0.2) is 0 Å². The number of hydrogen-bond donors (Lipinski definition) is 2. The van der Waals surface area contributed by atoms with Gasteiger partial charge in [-0.15, -0.1) is 0 Å². The molecule has 0 aliphatic carbocycles. The first-order chi connectivity index (χ1) is 10.6. The molecule has 1 heterocycles. The third-order valence-electron chi connectivity index (χ3n) is 3.59. The Morgan fingerprint density at radius 2 is 1.86 bits per heavy atom. The molecule has 0 aromatic heterocycles. The van der Waals surface area contributed by atoms with Crippen LogP contribution in [0.5, 0.6) is 0 Å². The minimum atomic E-state index is -0.180. The minimum absolute atomic E-state index is 0.0251. The lowest BCUT2D eigenvalue weighted by Gasteiger charge is -2.10. The third-order valence-corrected chi connectivity index (χ3v) is 3.85. The number of carbonyl (C=O) groups is 2. The molecule has 0 atom stereocenters. The summed E-state index contributed by atoms with van der Waals surface area (Å²) in [6, 6.07) is 12.3. The molecule has 0 saturated heterocycles. The van der Waals surface area contributed by atoms with E-state index >= 15 is 0 Å². The Labute approximate surface area is 133 Å². The summed E-state index contributed by atoms with van der Waals surface area (Å²) in [7, 11) is 0. The van der Waals surface area contributed by atoms with Gasteiger partial charge in [-0.05, 0) is 60.9 Å². The Balaban J connectivity index is 1.80. The van der Waals surface area contributed by atoms with Crippen LogP contribution in [-0.4, -0.2) is 11.8 Å². The smallest absolute Gasteiger partial charge is 0.255 e. The van der Waals surface area contributed by atoms with E-state index in [1.807, 2.05) is 6.07 Å². The van der Waals surface area contributed by atoms with Crippen molar-refractivity contribution < 1.29 is 9.59 Å². The number of hydrogen-bond acceptors (Lipinski definition) is 2. The van der Waals surface area contributed by atoms with Gasteiger partial charge in [-0.3, -0.25) is 9.59 Å². The molecule has 2 aromatic rings. The first kappa shape index (κ1) is 14.6. The van der Waals surface area contributed by atoms with Crippen LogP contribution in [0.3, 0.4) is 0 Å². The van der Waals surface area contributed by atoms with E-state index in [1.54, 1.807) is 36.4 Å². The SMILES string of the molecule is O=C1CCCc2cc(C(=O)Nc3ccc(Cl)cc3)ccc2N1. The molecule has 2 aromatic carbocycles. The highest BCUT2D eigenvalue weighted by atomic mass is 35.5. The summed E-state index contributed by atoms with van der Waals surface area (Å²) in [6.07, 6.45) is 2.10. The van der Waals surface area contributed by atoms with Gasteiger partial charge in [0.25, 0.3) is 5.91 Å². The van der Waals surface area contributed by atoms with Crippen molar-refractivity contribution in [2.24, 2.45) is 0 Å². The summed E-state index contributed by atoms with van der Waals surface area (Å²) in [4.78, 5) is 23.8. The fraction of sp³-hybridized carbons (Fsp3) is 0.176. The van der Waals surface area contributed by atoms with E-state index < -0.39 is 0 Å². The molecule has 4 nitrogen and oxygen atoms in total. The van der Waals surface area contributed by atoms with E-state index in [4.69, 9.17) is 11.6 Å². The van der Waals surface area contributed by atoms with Crippen LogP contribution in [0, 0.1) is 0 Å². The lowest BCUT2D eigenvalue weighted by atomic mass is 10.0. The van der Waals surface area contributed by atoms with Crippen molar-refractivity contribution in [1.29, 1.82) is 0 Å². The van der Waals surface area contributed by atoms with Crippen LogP contribution < -0.4 is 10.6 Å². The Morgan fingerprint density at radius 1 is 1.09 bits per heavy atom. The number of benzene rings is 2. The van der Waals surface area contributed by atoms with Gasteiger partial charge in [0.05, 0.1) is 0 Å². The van der Waals surface area contributed by atoms with Crippen LogP contribution in [0.15, 0.2) is 42.5 Å². The van der Waals surface area contributed by atoms with Crippen LogP contribution in [0.2, 0.25) is 5.02 Å². The summed E-state index contributed by atoms with van der Waals surface area (Å²) >= 11 is 5.82. The molecular formula is C17H15ClN2O2. The molecule has 0 unspecified atom stereocenters. The van der Waals surface area contributed by atoms with Gasteiger partial charge in [0.2, 0.25) is 5.91 Å². The topological polar surface area (TPSA) is 58.2 Å². The van der Waals surface area contributed by atoms with Crippen LogP contribution in [-0.2, 0) is 11.2 Å². The number of nitrogens with one attached hydrogen (secondary N) is 2. The molecular weight excluding hydrogens is 300 g/mol. The lowest BCUT2D eigenvalue weighted by Crippen LogP contribution is -2.13. The summed E-state index contributed by atoms with van der Waals surface area (Å²) in [5.74, 6) is -0.155. The number of halogens is 1. The van der Waals surface area contributed by atoms with Crippen molar-refractivity contribution in [3.63, 3.8) is 0 Å². The quantitative estimate of drug-likeness (QED) is 0.884. The molecule has 0 saturated carbocycles. The van der Waals surface area contributed by atoms with E-state index in [-0.39, 0.29) is 11.8 Å². The second kappa shape index (κ2) is 6.20. The van der Waals surface area contributed by atoms with E-state index in [1.165, 1.54) is 0 Å². The highest BCUT2D eigenvalue weighted by Crippen LogP contribution is 2.24. The minimum Gasteiger partial charge on any atom is -0.326 e. The summed E-state index contributed by atoms with van der Waals surface area (Å²) in [5.41, 5.74) is 3.06. The Kier molecular flexibility index (Phi) is 4.11. The van der Waals surface area contributed by atoms with Gasteiger partial charge >= 0.3 is 0 Å². The molecule has 112 valence electrons. The molecule has 0 spiro atoms. The highest BCUT2D eigenvalue weighted by molar-refractivity contribution is 6.30. The molecule has 0 bridgehead atoms. The number of amides is 2. The van der Waals surface area contributed by atoms with Crippen molar-refractivity contribution in [2.45, 2.75) is 19.3 Å². The van der Waals surface area contributed by atoms with Crippen LogP contribution in [0.25, 0.3) is 0 Å². The maximum absolute atomic E-state index is 12.3. The molecule has 2 amide bonds. The maximum atomic E-state index is 12.3. The Morgan fingerprint density at radius 3 is 2.64 bits per heavy atom. The normalized spacial score (nSPS) is 13.8. The van der Waals surface area contributed by atoms with E-state index in [9.17, 15) is 9.59 Å². The fourth-order valence-electron chi connectivity index (χ4n) is 2.45. The zero-order chi connectivity index (χ0) is 15.5. The van der Waals surface area contributed by atoms with Crippen molar-refractivity contribution in [3.05, 3.63) is 58.6 Å². The van der Waals surface area contributed by atoms with Gasteiger partial charge in [0.15, 0.2) is 0 Å². The Hall–Kier alpha value is -2.33.